The Bertz CT molecular complexity index is 623. The highest BCUT2D eigenvalue weighted by atomic mass is 79.9. The first-order valence-electron chi connectivity index (χ1n) is 6.82. The van der Waals surface area contributed by atoms with Gasteiger partial charge in [0.2, 0.25) is 5.88 Å². The highest BCUT2D eigenvalue weighted by Gasteiger charge is 2.08. The van der Waals surface area contributed by atoms with E-state index in [0.717, 1.165) is 33.6 Å². The summed E-state index contributed by atoms with van der Waals surface area (Å²) in [5, 5.41) is 3.86. The third kappa shape index (κ3) is 4.19. The summed E-state index contributed by atoms with van der Waals surface area (Å²) in [5.41, 5.74) is 3.06. The molecule has 0 fully saturated rings. The van der Waals surface area contributed by atoms with Crippen molar-refractivity contribution in [2.75, 3.05) is 6.54 Å². The van der Waals surface area contributed by atoms with E-state index in [9.17, 15) is 0 Å². The van der Waals surface area contributed by atoms with Gasteiger partial charge in [0.1, 0.15) is 5.75 Å². The van der Waals surface area contributed by atoms with E-state index in [1.165, 1.54) is 0 Å². The maximum absolute atomic E-state index is 6.14. The molecule has 0 spiro atoms. The molecule has 0 atom stereocenters. The Kier molecular flexibility index (Phi) is 5.62. The zero-order valence-electron chi connectivity index (χ0n) is 12.3. The van der Waals surface area contributed by atoms with Crippen LogP contribution in [0.2, 0.25) is 5.02 Å². The fraction of sp³-hybridized carbons (Fsp3) is 0.312. The van der Waals surface area contributed by atoms with Gasteiger partial charge in [0, 0.05) is 17.1 Å². The third-order valence-electron chi connectivity index (χ3n) is 3.07. The zero-order valence-corrected chi connectivity index (χ0v) is 14.7. The first-order chi connectivity index (χ1) is 10.0. The van der Waals surface area contributed by atoms with Crippen LogP contribution >= 0.6 is 27.5 Å². The zero-order chi connectivity index (χ0) is 15.4. The van der Waals surface area contributed by atoms with E-state index >= 15 is 0 Å². The third-order valence-corrected chi connectivity index (χ3v) is 4.66. The van der Waals surface area contributed by atoms with Gasteiger partial charge in [0.05, 0.1) is 10.7 Å². The minimum Gasteiger partial charge on any atom is -0.439 e. The standard InChI is InChI=1S/C16H18BrClN2O/c1-4-19-9-14-13(18)5-6-15(20-14)21-12-7-10(2)16(17)11(3)8-12/h5-8,19H,4,9H2,1-3H3. The van der Waals surface area contributed by atoms with Gasteiger partial charge in [-0.25, -0.2) is 4.98 Å². The molecule has 0 unspecified atom stereocenters. The summed E-state index contributed by atoms with van der Waals surface area (Å²) in [6.07, 6.45) is 0. The summed E-state index contributed by atoms with van der Waals surface area (Å²) >= 11 is 9.69. The minimum atomic E-state index is 0.549. The summed E-state index contributed by atoms with van der Waals surface area (Å²) in [6.45, 7) is 7.62. The molecule has 1 aromatic carbocycles. The fourth-order valence-corrected chi connectivity index (χ4v) is 2.38. The van der Waals surface area contributed by atoms with Gasteiger partial charge in [0.15, 0.2) is 0 Å². The van der Waals surface area contributed by atoms with Crippen molar-refractivity contribution in [1.82, 2.24) is 10.3 Å². The lowest BCUT2D eigenvalue weighted by atomic mass is 10.1. The Labute approximate surface area is 138 Å². The minimum absolute atomic E-state index is 0.549. The molecule has 2 aromatic rings. The molecule has 1 heterocycles. The van der Waals surface area contributed by atoms with Crippen molar-refractivity contribution in [3.05, 3.63) is 50.6 Å². The fourth-order valence-electron chi connectivity index (χ4n) is 1.97. The predicted octanol–water partition coefficient (Wildman–Crippen LogP) is 5.02. The smallest absolute Gasteiger partial charge is 0.219 e. The molecule has 3 nitrogen and oxygen atoms in total. The van der Waals surface area contributed by atoms with Crippen LogP contribution in [0.15, 0.2) is 28.7 Å². The summed E-state index contributed by atoms with van der Waals surface area (Å²) in [5.74, 6) is 1.32. The first-order valence-corrected chi connectivity index (χ1v) is 7.99. The Morgan fingerprint density at radius 1 is 1.24 bits per heavy atom. The molecule has 112 valence electrons. The molecular weight excluding hydrogens is 352 g/mol. The molecule has 1 N–H and O–H groups in total. The number of hydrogen-bond acceptors (Lipinski definition) is 3. The van der Waals surface area contributed by atoms with E-state index in [1.54, 1.807) is 6.07 Å². The van der Waals surface area contributed by atoms with Crippen LogP contribution < -0.4 is 10.1 Å². The second-order valence-corrected chi connectivity index (χ2v) is 6.03. The quantitative estimate of drug-likeness (QED) is 0.804. The second kappa shape index (κ2) is 7.25. The van der Waals surface area contributed by atoms with Crippen LogP contribution in [0.5, 0.6) is 11.6 Å². The van der Waals surface area contributed by atoms with Crippen LogP contribution in [0.1, 0.15) is 23.7 Å². The van der Waals surface area contributed by atoms with Crippen molar-refractivity contribution < 1.29 is 4.74 Å². The number of halogens is 2. The Hall–Kier alpha value is -1.10. The van der Waals surface area contributed by atoms with Crippen molar-refractivity contribution >= 4 is 27.5 Å². The van der Waals surface area contributed by atoms with Gasteiger partial charge in [-0.3, -0.25) is 0 Å². The molecule has 0 aliphatic heterocycles. The first kappa shape index (κ1) is 16.3. The lowest BCUT2D eigenvalue weighted by Crippen LogP contribution is -2.13. The molecular formula is C16H18BrClN2O. The number of aromatic nitrogens is 1. The number of nitrogens with one attached hydrogen (secondary N) is 1. The average molecular weight is 370 g/mol. The highest BCUT2D eigenvalue weighted by molar-refractivity contribution is 9.10. The van der Waals surface area contributed by atoms with Gasteiger partial charge < -0.3 is 10.1 Å². The lowest BCUT2D eigenvalue weighted by molar-refractivity contribution is 0.459. The van der Waals surface area contributed by atoms with E-state index in [2.05, 4.69) is 26.2 Å². The van der Waals surface area contributed by atoms with Crippen LogP contribution in [-0.4, -0.2) is 11.5 Å². The molecule has 21 heavy (non-hydrogen) atoms. The number of nitrogens with zero attached hydrogens (tertiary/aromatic N) is 1. The molecule has 0 aliphatic carbocycles. The van der Waals surface area contributed by atoms with Gasteiger partial charge in [0.25, 0.3) is 0 Å². The molecule has 2 rings (SSSR count). The van der Waals surface area contributed by atoms with Crippen molar-refractivity contribution in [3.63, 3.8) is 0 Å². The Morgan fingerprint density at radius 2 is 1.90 bits per heavy atom. The van der Waals surface area contributed by atoms with Gasteiger partial charge in [-0.15, -0.1) is 0 Å². The van der Waals surface area contributed by atoms with E-state index < -0.39 is 0 Å². The molecule has 0 amide bonds. The maximum atomic E-state index is 6.14. The molecule has 0 saturated carbocycles. The van der Waals surface area contributed by atoms with Crippen LogP contribution in [-0.2, 0) is 6.54 Å². The molecule has 5 heteroatoms. The van der Waals surface area contributed by atoms with Crippen molar-refractivity contribution in [2.24, 2.45) is 0 Å². The Balaban J connectivity index is 2.23. The number of rotatable bonds is 5. The molecule has 0 radical (unpaired) electrons. The average Bonchev–Trinajstić information content (AvgIpc) is 2.45. The normalized spacial score (nSPS) is 10.7. The maximum Gasteiger partial charge on any atom is 0.219 e. The lowest BCUT2D eigenvalue weighted by Gasteiger charge is -2.11. The van der Waals surface area contributed by atoms with Gasteiger partial charge in [-0.05, 0) is 49.7 Å². The van der Waals surface area contributed by atoms with Crippen molar-refractivity contribution in [1.29, 1.82) is 0 Å². The van der Waals surface area contributed by atoms with Gasteiger partial charge in [-0.2, -0.15) is 0 Å². The predicted molar refractivity (Wildman–Crippen MR) is 90.3 cm³/mol. The van der Waals surface area contributed by atoms with Crippen molar-refractivity contribution in [3.8, 4) is 11.6 Å². The van der Waals surface area contributed by atoms with E-state index in [0.29, 0.717) is 17.4 Å². The van der Waals surface area contributed by atoms with E-state index in [-0.39, 0.29) is 0 Å². The topological polar surface area (TPSA) is 34.2 Å². The van der Waals surface area contributed by atoms with Crippen LogP contribution in [0.25, 0.3) is 0 Å². The van der Waals surface area contributed by atoms with Crippen LogP contribution in [0.3, 0.4) is 0 Å². The second-order valence-electron chi connectivity index (χ2n) is 4.83. The summed E-state index contributed by atoms with van der Waals surface area (Å²) in [6, 6.07) is 7.56. The van der Waals surface area contributed by atoms with Crippen LogP contribution in [0.4, 0.5) is 0 Å². The number of aryl methyl sites for hydroxylation is 2. The number of pyridine rings is 1. The number of hydrogen-bond donors (Lipinski definition) is 1. The van der Waals surface area contributed by atoms with E-state index in [1.807, 2.05) is 39.0 Å². The molecule has 0 bridgehead atoms. The largest absolute Gasteiger partial charge is 0.439 e. The van der Waals surface area contributed by atoms with Gasteiger partial charge >= 0.3 is 0 Å². The summed E-state index contributed by atoms with van der Waals surface area (Å²) < 4.78 is 6.96. The number of ether oxygens (including phenoxy) is 1. The highest BCUT2D eigenvalue weighted by Crippen LogP contribution is 2.29. The van der Waals surface area contributed by atoms with E-state index in [4.69, 9.17) is 16.3 Å². The van der Waals surface area contributed by atoms with Crippen LogP contribution in [0, 0.1) is 13.8 Å². The molecule has 1 aromatic heterocycles. The van der Waals surface area contributed by atoms with Crippen molar-refractivity contribution in [2.45, 2.75) is 27.3 Å². The SMILES string of the molecule is CCNCc1nc(Oc2cc(C)c(Br)c(C)c2)ccc1Cl. The molecule has 0 aliphatic rings. The summed E-state index contributed by atoms with van der Waals surface area (Å²) in [7, 11) is 0. The molecule has 0 saturated heterocycles. The Morgan fingerprint density at radius 3 is 2.52 bits per heavy atom. The van der Waals surface area contributed by atoms with Gasteiger partial charge in [-0.1, -0.05) is 34.5 Å². The summed E-state index contributed by atoms with van der Waals surface area (Å²) in [4.78, 5) is 4.46. The number of benzene rings is 1. The monoisotopic (exact) mass is 368 g/mol.